The average molecular weight is 525 g/mol. The lowest BCUT2D eigenvalue weighted by molar-refractivity contribution is -0.153. The van der Waals surface area contributed by atoms with E-state index in [9.17, 15) is 14.4 Å². The number of hydrogen-bond donors (Lipinski definition) is 4. The van der Waals surface area contributed by atoms with Crippen LogP contribution >= 0.6 is 0 Å². The number of barbiturate groups is 1. The number of morpholine rings is 1. The molecule has 1 spiro atoms. The summed E-state index contributed by atoms with van der Waals surface area (Å²) in [5.74, 6) is -1.97. The van der Waals surface area contributed by atoms with Gasteiger partial charge in [-0.2, -0.15) is 0 Å². The first-order chi connectivity index (χ1) is 18.2. The third-order valence-electron chi connectivity index (χ3n) is 7.26. The van der Waals surface area contributed by atoms with Gasteiger partial charge in [0.05, 0.1) is 41.6 Å². The Morgan fingerprint density at radius 2 is 2.03 bits per heavy atom. The van der Waals surface area contributed by atoms with Crippen LogP contribution in [0, 0.1) is 11.2 Å². The second-order valence-electron chi connectivity index (χ2n) is 9.66. The molecule has 5 heterocycles. The number of urea groups is 1. The molecule has 13 nitrogen and oxygen atoms in total. The molecule has 3 aliphatic rings. The van der Waals surface area contributed by atoms with Crippen LogP contribution in [0.2, 0.25) is 0 Å². The second kappa shape index (κ2) is 8.70. The quantitative estimate of drug-likeness (QED) is 0.354. The first-order valence-electron chi connectivity index (χ1n) is 12.1. The first kappa shape index (κ1) is 24.2. The van der Waals surface area contributed by atoms with E-state index in [2.05, 4.69) is 31.1 Å². The number of ether oxygens (including phenoxy) is 1. The lowest BCUT2D eigenvalue weighted by atomic mass is 9.66. The summed E-state index contributed by atoms with van der Waals surface area (Å²) in [6.07, 6.45) is 0.344. The zero-order valence-electron chi connectivity index (χ0n) is 20.4. The normalized spacial score (nSPS) is 24.2. The predicted octanol–water partition coefficient (Wildman–Crippen LogP) is 0.719. The molecule has 2 saturated heterocycles. The number of carbonyl (C=O) groups excluding carboxylic acids is 3. The molecule has 14 heteroatoms. The zero-order chi connectivity index (χ0) is 26.8. The summed E-state index contributed by atoms with van der Waals surface area (Å²) >= 11 is 0. The Morgan fingerprint density at radius 3 is 2.76 bits per heavy atom. The minimum atomic E-state index is -1.74. The van der Waals surface area contributed by atoms with Gasteiger partial charge in [0.1, 0.15) is 5.69 Å². The fourth-order valence-electron chi connectivity index (χ4n) is 5.88. The number of imide groups is 2. The summed E-state index contributed by atoms with van der Waals surface area (Å²) in [6, 6.07) is 1.44. The van der Waals surface area contributed by atoms with Gasteiger partial charge in [-0.05, 0) is 31.5 Å². The number of nitrogens with one attached hydrogen (secondary N) is 3. The van der Waals surface area contributed by atoms with Crippen LogP contribution < -0.4 is 20.9 Å². The van der Waals surface area contributed by atoms with Gasteiger partial charge in [-0.25, -0.2) is 19.2 Å². The Morgan fingerprint density at radius 1 is 1.26 bits per heavy atom. The van der Waals surface area contributed by atoms with E-state index in [0.717, 1.165) is 0 Å². The Hall–Kier alpha value is -4.17. The van der Waals surface area contributed by atoms with Crippen LogP contribution in [0.15, 0.2) is 22.9 Å². The third-order valence-corrected chi connectivity index (χ3v) is 7.26. The molecule has 38 heavy (non-hydrogen) atoms. The number of carbonyl (C=O) groups is 3. The minimum absolute atomic E-state index is 0.101. The van der Waals surface area contributed by atoms with Gasteiger partial charge in [-0.1, -0.05) is 5.16 Å². The molecule has 0 bridgehead atoms. The second-order valence-corrected chi connectivity index (χ2v) is 9.66. The average Bonchev–Trinajstić information content (AvgIpc) is 3.30. The number of halogens is 1. The van der Waals surface area contributed by atoms with Gasteiger partial charge in [-0.3, -0.25) is 20.2 Å². The molecular formula is C24H24FN7O6. The van der Waals surface area contributed by atoms with Crippen LogP contribution in [-0.4, -0.2) is 76.0 Å². The molecular weight excluding hydrogens is 501 g/mol. The monoisotopic (exact) mass is 525 g/mol. The predicted molar refractivity (Wildman–Crippen MR) is 130 cm³/mol. The standard InChI is InChI=1S/C24H24FN7O6/c1-10-9-32-17-12(8-24(19(32)11(2)37-10)20(34)29-23(36)30-21(24)35)7-13-16(31-38-18(13)15(17)25)14-3-4-26-22(28-14)27-5-6-33/h3-4,7,10-11,19,33H,5-6,8-9H2,1-2H3,(H,26,27,28)(H2,29,30,34,35,36)/t10-,11+,19-/m1/s1. The summed E-state index contributed by atoms with van der Waals surface area (Å²) < 4.78 is 27.6. The van der Waals surface area contributed by atoms with Gasteiger partial charge in [-0.15, -0.1) is 0 Å². The van der Waals surface area contributed by atoms with Gasteiger partial charge < -0.3 is 24.6 Å². The maximum Gasteiger partial charge on any atom is 0.328 e. The van der Waals surface area contributed by atoms with Crippen LogP contribution in [-0.2, 0) is 20.7 Å². The molecule has 3 atom stereocenters. The van der Waals surface area contributed by atoms with Crippen LogP contribution in [0.25, 0.3) is 22.4 Å². The number of fused-ring (bicyclic) bond motifs is 5. The molecule has 3 aliphatic heterocycles. The summed E-state index contributed by atoms with van der Waals surface area (Å²) in [5.41, 5.74) is -0.684. The molecule has 3 aromatic rings. The molecule has 0 radical (unpaired) electrons. The zero-order valence-corrected chi connectivity index (χ0v) is 20.4. The molecule has 4 amide bonds. The van der Waals surface area contributed by atoms with Crippen molar-refractivity contribution in [2.45, 2.75) is 38.5 Å². The molecule has 198 valence electrons. The van der Waals surface area contributed by atoms with Crippen LogP contribution in [0.5, 0.6) is 0 Å². The number of rotatable bonds is 4. The van der Waals surface area contributed by atoms with Crippen molar-refractivity contribution in [3.63, 3.8) is 0 Å². The third kappa shape index (κ3) is 3.44. The summed E-state index contributed by atoms with van der Waals surface area (Å²) in [6.45, 7) is 3.85. The van der Waals surface area contributed by atoms with Gasteiger partial charge in [0.15, 0.2) is 11.2 Å². The molecule has 0 saturated carbocycles. The van der Waals surface area contributed by atoms with Crippen LogP contribution in [0.3, 0.4) is 0 Å². The van der Waals surface area contributed by atoms with E-state index in [-0.39, 0.29) is 55.1 Å². The van der Waals surface area contributed by atoms with E-state index in [1.807, 2.05) is 6.92 Å². The van der Waals surface area contributed by atoms with Crippen molar-refractivity contribution in [2.75, 3.05) is 29.9 Å². The Bertz CT molecular complexity index is 1470. The summed E-state index contributed by atoms with van der Waals surface area (Å²) in [5, 5.41) is 20.7. The summed E-state index contributed by atoms with van der Waals surface area (Å²) in [7, 11) is 0. The number of aromatic nitrogens is 3. The van der Waals surface area contributed by atoms with Crippen molar-refractivity contribution < 1.29 is 33.1 Å². The number of benzene rings is 1. The molecule has 0 aliphatic carbocycles. The Kier molecular flexibility index (Phi) is 5.54. The Balaban J connectivity index is 1.54. The minimum Gasteiger partial charge on any atom is -0.395 e. The number of aliphatic hydroxyl groups is 1. The fourth-order valence-corrected chi connectivity index (χ4v) is 5.88. The SMILES string of the molecule is C[C@@H]1CN2c3c(cc4c(-c5ccnc(NCCO)n5)noc4c3F)CC3(C(=O)NC(=O)NC3=O)[C@H]2[C@H](C)O1. The summed E-state index contributed by atoms with van der Waals surface area (Å²) in [4.78, 5) is 48.8. The molecule has 0 unspecified atom stereocenters. The molecule has 1 aromatic carbocycles. The van der Waals surface area contributed by atoms with Gasteiger partial charge >= 0.3 is 6.03 Å². The van der Waals surface area contributed by atoms with Crippen molar-refractivity contribution in [2.24, 2.45) is 5.41 Å². The number of nitrogens with zero attached hydrogens (tertiary/aromatic N) is 4. The maximum atomic E-state index is 16.2. The number of anilines is 2. The van der Waals surface area contributed by atoms with E-state index in [0.29, 0.717) is 16.6 Å². The van der Waals surface area contributed by atoms with Crippen molar-refractivity contribution in [3.05, 3.63) is 29.7 Å². The molecule has 2 fully saturated rings. The smallest absolute Gasteiger partial charge is 0.328 e. The van der Waals surface area contributed by atoms with Crippen molar-refractivity contribution in [1.29, 1.82) is 0 Å². The van der Waals surface area contributed by atoms with Gasteiger partial charge in [0.25, 0.3) is 0 Å². The topological polar surface area (TPSA) is 172 Å². The van der Waals surface area contributed by atoms with Crippen molar-refractivity contribution >= 4 is 40.5 Å². The number of aliphatic hydroxyl groups excluding tert-OH is 1. The molecule has 6 rings (SSSR count). The van der Waals surface area contributed by atoms with Crippen LogP contribution in [0.1, 0.15) is 19.4 Å². The highest BCUT2D eigenvalue weighted by molar-refractivity contribution is 6.20. The maximum absolute atomic E-state index is 16.2. The van der Waals surface area contributed by atoms with E-state index in [1.54, 1.807) is 24.0 Å². The van der Waals surface area contributed by atoms with Gasteiger partial charge in [0.2, 0.25) is 23.3 Å². The Labute approximate surface area is 214 Å². The van der Waals surface area contributed by atoms with Gasteiger partial charge in [0, 0.05) is 25.7 Å². The van der Waals surface area contributed by atoms with Crippen molar-refractivity contribution in [1.82, 2.24) is 25.8 Å². The van der Waals surface area contributed by atoms with E-state index >= 15 is 4.39 Å². The lowest BCUT2D eigenvalue weighted by Gasteiger charge is -2.55. The lowest BCUT2D eigenvalue weighted by Crippen LogP contribution is -2.75. The van der Waals surface area contributed by atoms with Crippen molar-refractivity contribution in [3.8, 4) is 11.4 Å². The van der Waals surface area contributed by atoms with E-state index in [4.69, 9.17) is 14.4 Å². The fraction of sp³-hybridized carbons (Fsp3) is 0.417. The largest absolute Gasteiger partial charge is 0.395 e. The number of amides is 4. The highest BCUT2D eigenvalue weighted by atomic mass is 19.1. The highest BCUT2D eigenvalue weighted by Crippen LogP contribution is 2.49. The van der Waals surface area contributed by atoms with Crippen LogP contribution in [0.4, 0.5) is 20.8 Å². The molecule has 4 N–H and O–H groups in total. The first-order valence-corrected chi connectivity index (χ1v) is 12.1. The highest BCUT2D eigenvalue weighted by Gasteiger charge is 2.63. The van der Waals surface area contributed by atoms with E-state index in [1.165, 1.54) is 6.20 Å². The van der Waals surface area contributed by atoms with E-state index < -0.39 is 41.2 Å². The number of hydrogen-bond acceptors (Lipinski definition) is 11. The molecule has 2 aromatic heterocycles.